The van der Waals surface area contributed by atoms with Gasteiger partial charge in [-0.3, -0.25) is 4.90 Å². The zero-order valence-corrected chi connectivity index (χ0v) is 12.2. The van der Waals surface area contributed by atoms with E-state index >= 15 is 0 Å². The van der Waals surface area contributed by atoms with Crippen LogP contribution in [0.5, 0.6) is 0 Å². The van der Waals surface area contributed by atoms with Crippen molar-refractivity contribution in [3.05, 3.63) is 58.4 Å². The van der Waals surface area contributed by atoms with Crippen molar-refractivity contribution in [3.8, 4) is 0 Å². The molecule has 1 heterocycles. The van der Waals surface area contributed by atoms with E-state index in [2.05, 4.69) is 11.4 Å². The fourth-order valence-corrected chi connectivity index (χ4v) is 2.69. The van der Waals surface area contributed by atoms with Gasteiger partial charge in [0.1, 0.15) is 5.82 Å². The molecule has 2 amide bonds. The minimum Gasteiger partial charge on any atom is -0.307 e. The summed E-state index contributed by atoms with van der Waals surface area (Å²) in [5.74, 6) is -0.503. The average molecular weight is 305 g/mol. The number of carbonyl (C=O) groups excluding carboxylic acids is 1. The summed E-state index contributed by atoms with van der Waals surface area (Å²) in [7, 11) is 0. The van der Waals surface area contributed by atoms with Crippen LogP contribution in [0, 0.1) is 12.7 Å². The van der Waals surface area contributed by atoms with E-state index in [1.54, 1.807) is 4.90 Å². The molecular weight excluding hydrogens is 291 g/mol. The van der Waals surface area contributed by atoms with E-state index in [4.69, 9.17) is 11.6 Å². The molecule has 2 aromatic carbocycles. The Morgan fingerprint density at radius 2 is 2.10 bits per heavy atom. The van der Waals surface area contributed by atoms with Gasteiger partial charge in [-0.1, -0.05) is 29.3 Å². The second-order valence-corrected chi connectivity index (χ2v) is 5.50. The molecule has 0 aliphatic carbocycles. The van der Waals surface area contributed by atoms with Crippen LogP contribution in [0.4, 0.5) is 20.6 Å². The van der Waals surface area contributed by atoms with Crippen LogP contribution in [0.15, 0.2) is 36.4 Å². The number of anilines is 2. The van der Waals surface area contributed by atoms with Crippen LogP contribution in [0.1, 0.15) is 11.1 Å². The Balaban J connectivity index is 1.80. The molecule has 0 radical (unpaired) electrons. The summed E-state index contributed by atoms with van der Waals surface area (Å²) >= 11 is 5.72. The smallest absolute Gasteiger partial charge is 0.307 e. The minimum absolute atomic E-state index is 0.00903. The molecule has 0 atom stereocenters. The van der Waals surface area contributed by atoms with Crippen LogP contribution in [0.2, 0.25) is 5.02 Å². The van der Waals surface area contributed by atoms with Crippen LogP contribution < -0.4 is 10.2 Å². The first-order chi connectivity index (χ1) is 10.0. The highest BCUT2D eigenvalue weighted by Gasteiger charge is 2.24. The first kappa shape index (κ1) is 13.9. The molecule has 108 valence electrons. The summed E-state index contributed by atoms with van der Waals surface area (Å²) in [6.07, 6.45) is 0.842. The molecule has 21 heavy (non-hydrogen) atoms. The van der Waals surface area contributed by atoms with Gasteiger partial charge in [-0.2, -0.15) is 0 Å². The van der Waals surface area contributed by atoms with E-state index in [0.717, 1.165) is 12.1 Å². The van der Waals surface area contributed by atoms with E-state index in [9.17, 15) is 9.18 Å². The maximum Gasteiger partial charge on any atom is 0.326 e. The summed E-state index contributed by atoms with van der Waals surface area (Å²) in [6.45, 7) is 2.67. The largest absolute Gasteiger partial charge is 0.326 e. The molecule has 1 N–H and O–H groups in total. The van der Waals surface area contributed by atoms with E-state index in [-0.39, 0.29) is 11.1 Å². The second kappa shape index (κ2) is 5.37. The van der Waals surface area contributed by atoms with Gasteiger partial charge in [0.05, 0.1) is 5.02 Å². The molecule has 0 unspecified atom stereocenters. The van der Waals surface area contributed by atoms with Gasteiger partial charge >= 0.3 is 6.03 Å². The molecule has 0 saturated heterocycles. The van der Waals surface area contributed by atoms with Crippen molar-refractivity contribution in [1.29, 1.82) is 0 Å². The van der Waals surface area contributed by atoms with Crippen LogP contribution in [-0.4, -0.2) is 12.6 Å². The second-order valence-electron chi connectivity index (χ2n) is 5.09. The molecule has 0 aromatic heterocycles. The Hall–Kier alpha value is -2.07. The topological polar surface area (TPSA) is 32.3 Å². The van der Waals surface area contributed by atoms with Crippen molar-refractivity contribution in [3.63, 3.8) is 0 Å². The zero-order chi connectivity index (χ0) is 15.0. The fourth-order valence-electron chi connectivity index (χ4n) is 2.51. The van der Waals surface area contributed by atoms with E-state index in [1.165, 1.54) is 29.3 Å². The van der Waals surface area contributed by atoms with Gasteiger partial charge in [0, 0.05) is 17.9 Å². The number of hydrogen-bond acceptors (Lipinski definition) is 1. The molecule has 1 aliphatic heterocycles. The molecule has 2 aromatic rings. The van der Waals surface area contributed by atoms with Crippen LogP contribution >= 0.6 is 11.6 Å². The Kier molecular flexibility index (Phi) is 3.55. The van der Waals surface area contributed by atoms with Gasteiger partial charge in [-0.05, 0) is 43.2 Å². The molecule has 0 bridgehead atoms. The van der Waals surface area contributed by atoms with Gasteiger partial charge < -0.3 is 5.32 Å². The van der Waals surface area contributed by atoms with Crippen molar-refractivity contribution >= 4 is 29.0 Å². The zero-order valence-electron chi connectivity index (χ0n) is 11.5. The molecule has 0 saturated carbocycles. The Morgan fingerprint density at radius 1 is 1.29 bits per heavy atom. The highest BCUT2D eigenvalue weighted by molar-refractivity contribution is 6.31. The summed E-state index contributed by atoms with van der Waals surface area (Å²) in [5.41, 5.74) is 3.75. The molecule has 5 heteroatoms. The number of benzene rings is 2. The van der Waals surface area contributed by atoms with Crippen LogP contribution in [-0.2, 0) is 6.42 Å². The summed E-state index contributed by atoms with van der Waals surface area (Å²) in [5, 5.41) is 2.73. The number of hydrogen-bond donors (Lipinski definition) is 1. The SMILES string of the molecule is Cc1ccc2c(c1)CCN2C(=O)Nc1ccc(F)c(Cl)c1. The van der Waals surface area contributed by atoms with Gasteiger partial charge in [0.2, 0.25) is 0 Å². The van der Waals surface area contributed by atoms with Gasteiger partial charge in [-0.25, -0.2) is 9.18 Å². The monoisotopic (exact) mass is 304 g/mol. The molecular formula is C16H14ClFN2O. The van der Waals surface area contributed by atoms with Gasteiger partial charge in [-0.15, -0.1) is 0 Å². The fraction of sp³-hybridized carbons (Fsp3) is 0.188. The molecule has 3 rings (SSSR count). The average Bonchev–Trinajstić information content (AvgIpc) is 2.85. The van der Waals surface area contributed by atoms with Crippen LogP contribution in [0.3, 0.4) is 0 Å². The summed E-state index contributed by atoms with van der Waals surface area (Å²) in [6, 6.07) is 9.93. The third kappa shape index (κ3) is 2.72. The molecule has 0 spiro atoms. The van der Waals surface area contributed by atoms with Crippen molar-refractivity contribution in [2.24, 2.45) is 0 Å². The number of rotatable bonds is 1. The lowest BCUT2D eigenvalue weighted by molar-refractivity contribution is 0.257. The first-order valence-corrected chi connectivity index (χ1v) is 7.05. The number of nitrogens with one attached hydrogen (secondary N) is 1. The third-order valence-corrected chi connectivity index (χ3v) is 3.84. The maximum absolute atomic E-state index is 13.1. The number of aryl methyl sites for hydroxylation is 1. The van der Waals surface area contributed by atoms with Gasteiger partial charge in [0.25, 0.3) is 0 Å². The predicted octanol–water partition coefficient (Wildman–Crippen LogP) is 4.38. The lowest BCUT2D eigenvalue weighted by Gasteiger charge is -2.18. The Labute approximate surface area is 127 Å². The lowest BCUT2D eigenvalue weighted by atomic mass is 10.1. The number of amides is 2. The third-order valence-electron chi connectivity index (χ3n) is 3.55. The van der Waals surface area contributed by atoms with Crippen molar-refractivity contribution in [1.82, 2.24) is 0 Å². The van der Waals surface area contributed by atoms with E-state index in [0.29, 0.717) is 12.2 Å². The van der Waals surface area contributed by atoms with Crippen molar-refractivity contribution in [2.75, 3.05) is 16.8 Å². The molecule has 0 fully saturated rings. The lowest BCUT2D eigenvalue weighted by Crippen LogP contribution is -2.33. The number of urea groups is 1. The molecule has 3 nitrogen and oxygen atoms in total. The standard InChI is InChI=1S/C16H14ClFN2O/c1-10-2-5-15-11(8-10)6-7-20(15)16(21)19-12-3-4-14(18)13(17)9-12/h2-5,8-9H,6-7H2,1H3,(H,19,21). The van der Waals surface area contributed by atoms with Gasteiger partial charge in [0.15, 0.2) is 0 Å². The Bertz CT molecular complexity index is 717. The quantitative estimate of drug-likeness (QED) is 0.833. The van der Waals surface area contributed by atoms with E-state index < -0.39 is 5.82 Å². The van der Waals surface area contributed by atoms with Crippen LogP contribution in [0.25, 0.3) is 0 Å². The van der Waals surface area contributed by atoms with Crippen molar-refractivity contribution < 1.29 is 9.18 Å². The highest BCUT2D eigenvalue weighted by atomic mass is 35.5. The number of carbonyl (C=O) groups is 1. The number of fused-ring (bicyclic) bond motifs is 1. The normalized spacial score (nSPS) is 13.2. The number of halogens is 2. The number of nitrogens with zero attached hydrogens (tertiary/aromatic N) is 1. The minimum atomic E-state index is -0.503. The molecule has 1 aliphatic rings. The highest BCUT2D eigenvalue weighted by Crippen LogP contribution is 2.29. The summed E-state index contributed by atoms with van der Waals surface area (Å²) in [4.78, 5) is 14.0. The predicted molar refractivity (Wildman–Crippen MR) is 82.7 cm³/mol. The first-order valence-electron chi connectivity index (χ1n) is 6.68. The maximum atomic E-state index is 13.1. The van der Waals surface area contributed by atoms with Crippen molar-refractivity contribution in [2.45, 2.75) is 13.3 Å². The Morgan fingerprint density at radius 3 is 2.86 bits per heavy atom. The summed E-state index contributed by atoms with van der Waals surface area (Å²) < 4.78 is 13.1. The van der Waals surface area contributed by atoms with E-state index in [1.807, 2.05) is 19.1 Å².